The lowest BCUT2D eigenvalue weighted by molar-refractivity contribution is 0.294. The molecule has 0 fully saturated rings. The van der Waals surface area contributed by atoms with E-state index in [9.17, 15) is 0 Å². The van der Waals surface area contributed by atoms with Gasteiger partial charge in [0, 0.05) is 25.0 Å². The van der Waals surface area contributed by atoms with E-state index in [2.05, 4.69) is 35.3 Å². The van der Waals surface area contributed by atoms with E-state index in [0.717, 1.165) is 36.2 Å². The van der Waals surface area contributed by atoms with Crippen molar-refractivity contribution in [2.24, 2.45) is 5.41 Å². The van der Waals surface area contributed by atoms with Crippen LogP contribution in [0.25, 0.3) is 11.0 Å². The van der Waals surface area contributed by atoms with Gasteiger partial charge in [0.25, 0.3) is 0 Å². The van der Waals surface area contributed by atoms with Crippen LogP contribution in [0.15, 0.2) is 18.5 Å². The van der Waals surface area contributed by atoms with Crippen LogP contribution in [0.3, 0.4) is 0 Å². The van der Waals surface area contributed by atoms with Crippen LogP contribution in [-0.4, -0.2) is 20.4 Å². The number of nitrogens with zero attached hydrogens (tertiary/aromatic N) is 3. The molecule has 0 aromatic carbocycles. The Balaban J connectivity index is 2.48. The molecule has 0 radical (unpaired) electrons. The Labute approximate surface area is 113 Å². The second-order valence-corrected chi connectivity index (χ2v) is 5.81. The fourth-order valence-corrected chi connectivity index (χ4v) is 2.19. The third-order valence-electron chi connectivity index (χ3n) is 3.49. The molecule has 0 saturated heterocycles. The van der Waals surface area contributed by atoms with E-state index in [4.69, 9.17) is 11.6 Å². The standard InChI is InChI=1S/C14H20ClN3/c1-4-14(2,3)10-18-12-6-8-16-9-11(12)17-13(18)5-7-15/h6,8-9H,4-5,7,10H2,1-3H3. The van der Waals surface area contributed by atoms with Crippen molar-refractivity contribution in [1.29, 1.82) is 0 Å². The highest BCUT2D eigenvalue weighted by Gasteiger charge is 2.20. The quantitative estimate of drug-likeness (QED) is 0.773. The van der Waals surface area contributed by atoms with E-state index in [0.29, 0.717) is 5.88 Å². The molecule has 3 nitrogen and oxygen atoms in total. The molecular weight excluding hydrogens is 246 g/mol. The Kier molecular flexibility index (Phi) is 3.91. The zero-order valence-electron chi connectivity index (χ0n) is 11.3. The van der Waals surface area contributed by atoms with Gasteiger partial charge in [0.15, 0.2) is 0 Å². The number of alkyl halides is 1. The Morgan fingerprint density at radius 2 is 2.17 bits per heavy atom. The van der Waals surface area contributed by atoms with E-state index >= 15 is 0 Å². The van der Waals surface area contributed by atoms with Gasteiger partial charge in [0.1, 0.15) is 11.3 Å². The molecular formula is C14H20ClN3. The largest absolute Gasteiger partial charge is 0.327 e. The summed E-state index contributed by atoms with van der Waals surface area (Å²) in [5, 5.41) is 0. The topological polar surface area (TPSA) is 30.7 Å². The fraction of sp³-hybridized carbons (Fsp3) is 0.571. The molecule has 2 aromatic rings. The third-order valence-corrected chi connectivity index (χ3v) is 3.68. The number of rotatable bonds is 5. The highest BCUT2D eigenvalue weighted by atomic mass is 35.5. The van der Waals surface area contributed by atoms with Gasteiger partial charge in [-0.25, -0.2) is 4.98 Å². The van der Waals surface area contributed by atoms with Crippen molar-refractivity contribution in [3.05, 3.63) is 24.3 Å². The lowest BCUT2D eigenvalue weighted by Gasteiger charge is -2.24. The van der Waals surface area contributed by atoms with Crippen molar-refractivity contribution in [3.63, 3.8) is 0 Å². The van der Waals surface area contributed by atoms with Gasteiger partial charge in [-0.3, -0.25) is 4.98 Å². The van der Waals surface area contributed by atoms with Crippen LogP contribution in [0, 0.1) is 5.41 Å². The first-order chi connectivity index (χ1) is 8.57. The molecule has 4 heteroatoms. The summed E-state index contributed by atoms with van der Waals surface area (Å²) in [6, 6.07) is 2.03. The SMILES string of the molecule is CCC(C)(C)Cn1c(CCCl)nc2cnccc21. The maximum atomic E-state index is 5.87. The van der Waals surface area contributed by atoms with Crippen LogP contribution in [0.4, 0.5) is 0 Å². The van der Waals surface area contributed by atoms with E-state index in [1.54, 1.807) is 0 Å². The second kappa shape index (κ2) is 5.27. The average molecular weight is 266 g/mol. The Bertz CT molecular complexity index is 531. The highest BCUT2D eigenvalue weighted by molar-refractivity contribution is 6.17. The first-order valence-corrected chi connectivity index (χ1v) is 6.96. The van der Waals surface area contributed by atoms with E-state index < -0.39 is 0 Å². The third kappa shape index (κ3) is 2.66. The van der Waals surface area contributed by atoms with Crippen molar-refractivity contribution < 1.29 is 0 Å². The second-order valence-electron chi connectivity index (χ2n) is 5.44. The smallest absolute Gasteiger partial charge is 0.111 e. The molecule has 0 atom stereocenters. The van der Waals surface area contributed by atoms with Crippen LogP contribution in [-0.2, 0) is 13.0 Å². The minimum absolute atomic E-state index is 0.262. The summed E-state index contributed by atoms with van der Waals surface area (Å²) in [5.41, 5.74) is 2.38. The zero-order chi connectivity index (χ0) is 13.2. The molecule has 0 aliphatic carbocycles. The first kappa shape index (κ1) is 13.3. The van der Waals surface area contributed by atoms with Crippen LogP contribution in [0.5, 0.6) is 0 Å². The summed E-state index contributed by atoms with van der Waals surface area (Å²) < 4.78 is 2.29. The van der Waals surface area contributed by atoms with Crippen molar-refractivity contribution in [2.45, 2.75) is 40.2 Å². The molecule has 2 rings (SSSR count). The van der Waals surface area contributed by atoms with Gasteiger partial charge in [-0.1, -0.05) is 20.8 Å². The Hall–Kier alpha value is -1.09. The monoisotopic (exact) mass is 265 g/mol. The maximum absolute atomic E-state index is 5.87. The predicted octanol–water partition coefficient (Wildman–Crippen LogP) is 3.65. The first-order valence-electron chi connectivity index (χ1n) is 6.42. The van der Waals surface area contributed by atoms with Gasteiger partial charge in [0.05, 0.1) is 11.7 Å². The number of pyridine rings is 1. The molecule has 0 unspecified atom stereocenters. The summed E-state index contributed by atoms with van der Waals surface area (Å²) in [7, 11) is 0. The van der Waals surface area contributed by atoms with Crippen molar-refractivity contribution in [2.75, 3.05) is 5.88 Å². The predicted molar refractivity (Wildman–Crippen MR) is 76.0 cm³/mol. The van der Waals surface area contributed by atoms with Gasteiger partial charge < -0.3 is 4.57 Å². The maximum Gasteiger partial charge on any atom is 0.111 e. The molecule has 0 aliphatic rings. The number of fused-ring (bicyclic) bond motifs is 1. The number of halogens is 1. The van der Waals surface area contributed by atoms with Crippen LogP contribution in [0.1, 0.15) is 33.0 Å². The van der Waals surface area contributed by atoms with Crippen LogP contribution < -0.4 is 0 Å². The van der Waals surface area contributed by atoms with E-state index in [1.807, 2.05) is 18.5 Å². The molecule has 0 aliphatic heterocycles. The molecule has 0 amide bonds. The summed E-state index contributed by atoms with van der Waals surface area (Å²) in [6.07, 6.45) is 5.58. The van der Waals surface area contributed by atoms with E-state index in [1.165, 1.54) is 0 Å². The van der Waals surface area contributed by atoms with Crippen LogP contribution >= 0.6 is 11.6 Å². The number of aromatic nitrogens is 3. The van der Waals surface area contributed by atoms with Gasteiger partial charge in [-0.15, -0.1) is 11.6 Å². The normalized spacial score (nSPS) is 12.2. The van der Waals surface area contributed by atoms with Gasteiger partial charge in [0.2, 0.25) is 0 Å². The van der Waals surface area contributed by atoms with E-state index in [-0.39, 0.29) is 5.41 Å². The Morgan fingerprint density at radius 3 is 2.83 bits per heavy atom. The van der Waals surface area contributed by atoms with Gasteiger partial charge in [-0.2, -0.15) is 0 Å². The van der Waals surface area contributed by atoms with Gasteiger partial charge >= 0.3 is 0 Å². The average Bonchev–Trinajstić information content (AvgIpc) is 2.68. The molecule has 98 valence electrons. The van der Waals surface area contributed by atoms with Crippen LogP contribution in [0.2, 0.25) is 0 Å². The lowest BCUT2D eigenvalue weighted by atomic mass is 9.90. The minimum Gasteiger partial charge on any atom is -0.327 e. The molecule has 0 bridgehead atoms. The fourth-order valence-electron chi connectivity index (χ4n) is 2.02. The number of aryl methyl sites for hydroxylation is 1. The van der Waals surface area contributed by atoms with Gasteiger partial charge in [-0.05, 0) is 17.9 Å². The zero-order valence-corrected chi connectivity index (χ0v) is 12.0. The van der Waals surface area contributed by atoms with Crippen molar-refractivity contribution in [3.8, 4) is 0 Å². The summed E-state index contributed by atoms with van der Waals surface area (Å²) >= 11 is 5.87. The molecule has 18 heavy (non-hydrogen) atoms. The molecule has 0 saturated carbocycles. The Morgan fingerprint density at radius 1 is 1.39 bits per heavy atom. The lowest BCUT2D eigenvalue weighted by Crippen LogP contribution is -2.20. The van der Waals surface area contributed by atoms with Crippen molar-refractivity contribution in [1.82, 2.24) is 14.5 Å². The number of imidazole rings is 1. The molecule has 2 aromatic heterocycles. The number of hydrogen-bond donors (Lipinski definition) is 0. The summed E-state index contributed by atoms with van der Waals surface area (Å²) in [5.74, 6) is 1.66. The minimum atomic E-state index is 0.262. The highest BCUT2D eigenvalue weighted by Crippen LogP contribution is 2.26. The summed E-state index contributed by atoms with van der Waals surface area (Å²) in [6.45, 7) is 7.76. The molecule has 0 spiro atoms. The molecule has 2 heterocycles. The van der Waals surface area contributed by atoms with Crippen molar-refractivity contribution >= 4 is 22.6 Å². The summed E-state index contributed by atoms with van der Waals surface area (Å²) in [4.78, 5) is 8.77. The molecule has 0 N–H and O–H groups in total. The number of hydrogen-bond acceptors (Lipinski definition) is 2.